The first kappa shape index (κ1) is 24.7. The van der Waals surface area contributed by atoms with E-state index in [9.17, 15) is 4.57 Å². The molecule has 0 aliphatic heterocycles. The van der Waals surface area contributed by atoms with Crippen molar-refractivity contribution >= 4 is 13.3 Å². The third-order valence-corrected chi connectivity index (χ3v) is 7.71. The van der Waals surface area contributed by atoms with E-state index in [1.807, 2.05) is 105 Å². The molecule has 1 heterocycles. The maximum absolute atomic E-state index is 14.2. The Bertz CT molecular complexity index is 1250. The smallest absolute Gasteiger partial charge is 0.357 e. The fourth-order valence-electron chi connectivity index (χ4n) is 3.84. The van der Waals surface area contributed by atoms with Gasteiger partial charge in [0.15, 0.2) is 5.78 Å². The molecule has 0 aliphatic rings. The molecule has 35 heavy (non-hydrogen) atoms. The van der Waals surface area contributed by atoms with Gasteiger partial charge in [0.1, 0.15) is 5.75 Å². The number of ether oxygens (including phenoxy) is 1. The number of para-hydroxylation sites is 1. The summed E-state index contributed by atoms with van der Waals surface area (Å²) in [6.07, 6.45) is 1.89. The van der Waals surface area contributed by atoms with Crippen LogP contribution < -0.4 is 10.1 Å². The molecule has 0 saturated carbocycles. The van der Waals surface area contributed by atoms with Gasteiger partial charge >= 0.3 is 7.60 Å². The summed E-state index contributed by atoms with van der Waals surface area (Å²) in [5, 5.41) is 8.31. The summed E-state index contributed by atoms with van der Waals surface area (Å²) in [5.74, 6) is -0.0739. The quantitative estimate of drug-likeness (QED) is 0.230. The minimum Gasteiger partial charge on any atom is -0.497 e. The van der Waals surface area contributed by atoms with Crippen molar-refractivity contribution in [3.05, 3.63) is 96.7 Å². The second-order valence-corrected chi connectivity index (χ2v) is 9.84. The molecule has 1 unspecified atom stereocenters. The normalized spacial score (nSPS) is 12.3. The van der Waals surface area contributed by atoms with Crippen molar-refractivity contribution in [1.29, 1.82) is 0 Å². The largest absolute Gasteiger partial charge is 0.497 e. The van der Waals surface area contributed by atoms with Gasteiger partial charge in [-0.05, 0) is 50.2 Å². The van der Waals surface area contributed by atoms with Crippen LogP contribution >= 0.6 is 7.60 Å². The maximum atomic E-state index is 14.2. The van der Waals surface area contributed by atoms with Gasteiger partial charge in [0, 0.05) is 23.0 Å². The number of anilines is 1. The summed E-state index contributed by atoms with van der Waals surface area (Å²) in [7, 11) is -2.04. The highest BCUT2D eigenvalue weighted by Crippen LogP contribution is 2.62. The van der Waals surface area contributed by atoms with Crippen LogP contribution in [0.5, 0.6) is 5.75 Å². The lowest BCUT2D eigenvalue weighted by Crippen LogP contribution is -2.15. The van der Waals surface area contributed by atoms with Crippen molar-refractivity contribution in [3.8, 4) is 22.7 Å². The lowest BCUT2D eigenvalue weighted by Gasteiger charge is -2.28. The van der Waals surface area contributed by atoms with Crippen LogP contribution in [-0.4, -0.2) is 30.1 Å². The molecule has 4 aromatic rings. The Kier molecular flexibility index (Phi) is 8.03. The standard InChI is InChI=1S/C27H30N3O4P/c1-4-33-35(31,34-5-2)27(28-22-16-18-24(32-3)19-17-22)25-20-30(23-14-10-7-11-15-23)29-26(25)21-12-8-6-9-13-21/h6-20,27-28H,4-5H2,1-3H3. The van der Waals surface area contributed by atoms with E-state index in [1.54, 1.807) is 11.8 Å². The zero-order chi connectivity index (χ0) is 24.7. The number of hydrogen-bond acceptors (Lipinski definition) is 6. The Morgan fingerprint density at radius 2 is 1.49 bits per heavy atom. The molecule has 0 spiro atoms. The molecule has 0 fully saturated rings. The molecule has 0 aliphatic carbocycles. The Morgan fingerprint density at radius 3 is 2.06 bits per heavy atom. The third-order valence-electron chi connectivity index (χ3n) is 5.43. The van der Waals surface area contributed by atoms with Crippen LogP contribution in [0.4, 0.5) is 5.69 Å². The number of hydrogen-bond donors (Lipinski definition) is 1. The molecule has 7 nitrogen and oxygen atoms in total. The first-order valence-electron chi connectivity index (χ1n) is 11.6. The van der Waals surface area contributed by atoms with E-state index in [0.717, 1.165) is 22.7 Å². The van der Waals surface area contributed by atoms with Gasteiger partial charge in [0.2, 0.25) is 0 Å². The number of methoxy groups -OCH3 is 1. The minimum absolute atomic E-state index is 0.242. The van der Waals surface area contributed by atoms with E-state index in [2.05, 4.69) is 5.32 Å². The molecule has 0 saturated heterocycles. The van der Waals surface area contributed by atoms with Crippen LogP contribution in [-0.2, 0) is 13.6 Å². The van der Waals surface area contributed by atoms with Crippen molar-refractivity contribution in [3.63, 3.8) is 0 Å². The van der Waals surface area contributed by atoms with Gasteiger partial charge in [-0.25, -0.2) is 4.68 Å². The van der Waals surface area contributed by atoms with Crippen molar-refractivity contribution in [2.45, 2.75) is 19.6 Å². The molecule has 4 rings (SSSR count). The number of nitrogens with one attached hydrogen (secondary N) is 1. The summed E-state index contributed by atoms with van der Waals surface area (Å²) in [6, 6.07) is 27.1. The summed E-state index contributed by atoms with van der Waals surface area (Å²) >= 11 is 0. The monoisotopic (exact) mass is 491 g/mol. The predicted molar refractivity (Wildman–Crippen MR) is 139 cm³/mol. The van der Waals surface area contributed by atoms with Gasteiger partial charge in [-0.3, -0.25) is 4.57 Å². The van der Waals surface area contributed by atoms with Crippen LogP contribution in [0.25, 0.3) is 16.9 Å². The fraction of sp³-hybridized carbons (Fsp3) is 0.222. The lowest BCUT2D eigenvalue weighted by atomic mass is 10.1. The number of benzene rings is 3. The Morgan fingerprint density at radius 1 is 0.886 bits per heavy atom. The van der Waals surface area contributed by atoms with Gasteiger partial charge in [-0.1, -0.05) is 48.5 Å². The molecule has 8 heteroatoms. The fourth-order valence-corrected chi connectivity index (χ4v) is 5.77. The van der Waals surface area contributed by atoms with E-state index in [-0.39, 0.29) is 13.2 Å². The van der Waals surface area contributed by atoms with Crippen LogP contribution in [0.15, 0.2) is 91.1 Å². The van der Waals surface area contributed by atoms with Gasteiger partial charge in [-0.15, -0.1) is 0 Å². The molecule has 3 aromatic carbocycles. The third kappa shape index (κ3) is 5.65. The second-order valence-electron chi connectivity index (χ2n) is 7.73. The molecule has 182 valence electrons. The molecule has 1 N–H and O–H groups in total. The summed E-state index contributed by atoms with van der Waals surface area (Å²) in [6.45, 7) is 4.10. The topological polar surface area (TPSA) is 74.6 Å². The van der Waals surface area contributed by atoms with Crippen LogP contribution in [0.2, 0.25) is 0 Å². The highest BCUT2D eigenvalue weighted by Gasteiger charge is 2.40. The Balaban J connectivity index is 1.89. The first-order chi connectivity index (χ1) is 17.1. The summed E-state index contributed by atoms with van der Waals surface area (Å²) in [5.41, 5.74) is 3.95. The Hall–Kier alpha value is -3.38. The highest BCUT2D eigenvalue weighted by atomic mass is 31.2. The van der Waals surface area contributed by atoms with Gasteiger partial charge in [0.25, 0.3) is 0 Å². The first-order valence-corrected chi connectivity index (χ1v) is 13.2. The predicted octanol–water partition coefficient (Wildman–Crippen LogP) is 6.92. The van der Waals surface area contributed by atoms with Crippen molar-refractivity contribution < 1.29 is 18.3 Å². The highest BCUT2D eigenvalue weighted by molar-refractivity contribution is 7.54. The van der Waals surface area contributed by atoms with Crippen molar-refractivity contribution in [2.24, 2.45) is 0 Å². The molecular formula is C27H30N3O4P. The van der Waals surface area contributed by atoms with E-state index >= 15 is 0 Å². The number of rotatable bonds is 11. The molecule has 0 bridgehead atoms. The van der Waals surface area contributed by atoms with Gasteiger partial charge < -0.3 is 19.1 Å². The molecule has 1 aromatic heterocycles. The van der Waals surface area contributed by atoms with Crippen LogP contribution in [0, 0.1) is 0 Å². The van der Waals surface area contributed by atoms with Crippen molar-refractivity contribution in [2.75, 3.05) is 25.6 Å². The van der Waals surface area contributed by atoms with Gasteiger partial charge in [0.05, 0.1) is 31.7 Å². The summed E-state index contributed by atoms with van der Waals surface area (Å²) in [4.78, 5) is 0. The van der Waals surface area contributed by atoms with Gasteiger partial charge in [-0.2, -0.15) is 5.10 Å². The zero-order valence-electron chi connectivity index (χ0n) is 20.1. The number of aromatic nitrogens is 2. The van der Waals surface area contributed by atoms with E-state index in [0.29, 0.717) is 11.3 Å². The SMILES string of the molecule is CCOP(=O)(OCC)C(Nc1ccc(OC)cc1)c1cn(-c2ccccc2)nc1-c1ccccc1. The molecule has 0 amide bonds. The lowest BCUT2D eigenvalue weighted by molar-refractivity contribution is 0.214. The average Bonchev–Trinajstić information content (AvgIpc) is 3.34. The Labute approximate surface area is 206 Å². The maximum Gasteiger partial charge on any atom is 0.357 e. The molecule has 1 atom stereocenters. The average molecular weight is 492 g/mol. The minimum atomic E-state index is -3.66. The van der Waals surface area contributed by atoms with Crippen LogP contribution in [0.1, 0.15) is 25.2 Å². The van der Waals surface area contributed by atoms with Crippen molar-refractivity contribution in [1.82, 2.24) is 9.78 Å². The van der Waals surface area contributed by atoms with Crippen LogP contribution in [0.3, 0.4) is 0 Å². The van der Waals surface area contributed by atoms with E-state index in [4.69, 9.17) is 18.9 Å². The molecular weight excluding hydrogens is 461 g/mol. The molecule has 0 radical (unpaired) electrons. The number of nitrogens with zero attached hydrogens (tertiary/aromatic N) is 2. The summed E-state index contributed by atoms with van der Waals surface area (Å²) < 4.78 is 32.9. The second kappa shape index (κ2) is 11.4. The van der Waals surface area contributed by atoms with E-state index < -0.39 is 13.4 Å². The van der Waals surface area contributed by atoms with E-state index in [1.165, 1.54) is 0 Å². The zero-order valence-corrected chi connectivity index (χ0v) is 21.0.